The second-order valence-corrected chi connectivity index (χ2v) is 4.76. The zero-order valence-corrected chi connectivity index (χ0v) is 10.8. The molecule has 1 saturated heterocycles. The number of nitrogens with zero attached hydrogens (tertiary/aromatic N) is 1. The summed E-state index contributed by atoms with van der Waals surface area (Å²) in [5, 5.41) is 3.07. The summed E-state index contributed by atoms with van der Waals surface area (Å²) >= 11 is 0. The van der Waals surface area contributed by atoms with Gasteiger partial charge in [-0.1, -0.05) is 6.07 Å². The number of carbonyl (C=O) groups is 1. The second kappa shape index (κ2) is 6.61. The molecule has 1 aliphatic rings. The van der Waals surface area contributed by atoms with Crippen LogP contribution in [0.25, 0.3) is 0 Å². The third-order valence-corrected chi connectivity index (χ3v) is 3.29. The molecule has 0 aromatic heterocycles. The van der Waals surface area contributed by atoms with E-state index in [9.17, 15) is 13.6 Å². The van der Waals surface area contributed by atoms with Gasteiger partial charge in [-0.2, -0.15) is 0 Å². The highest BCUT2D eigenvalue weighted by molar-refractivity contribution is 5.76. The zero-order chi connectivity index (χ0) is 13.7. The van der Waals surface area contributed by atoms with Crippen molar-refractivity contribution in [2.45, 2.75) is 25.8 Å². The first kappa shape index (κ1) is 13.9. The fourth-order valence-corrected chi connectivity index (χ4v) is 2.20. The molecule has 1 aliphatic heterocycles. The Morgan fingerprint density at radius 1 is 1.21 bits per heavy atom. The van der Waals surface area contributed by atoms with Gasteiger partial charge in [-0.3, -0.25) is 4.79 Å². The molecule has 1 N–H and O–H groups in total. The van der Waals surface area contributed by atoms with Crippen molar-refractivity contribution in [3.63, 3.8) is 0 Å². The second-order valence-electron chi connectivity index (χ2n) is 4.76. The van der Waals surface area contributed by atoms with Crippen molar-refractivity contribution >= 4 is 5.91 Å². The molecule has 2 rings (SSSR count). The molecular weight excluding hydrogens is 250 g/mol. The molecule has 19 heavy (non-hydrogen) atoms. The maximum Gasteiger partial charge on any atom is 0.223 e. The SMILES string of the molecule is O=C(CCNCc1ccc(F)c(F)c1)N1CCCC1. The van der Waals surface area contributed by atoms with E-state index in [0.29, 0.717) is 25.1 Å². The average molecular weight is 268 g/mol. The summed E-state index contributed by atoms with van der Waals surface area (Å²) in [4.78, 5) is 13.6. The summed E-state index contributed by atoms with van der Waals surface area (Å²) in [6, 6.07) is 3.82. The summed E-state index contributed by atoms with van der Waals surface area (Å²) in [5.41, 5.74) is 0.674. The van der Waals surface area contributed by atoms with Gasteiger partial charge in [-0.25, -0.2) is 8.78 Å². The van der Waals surface area contributed by atoms with Gasteiger partial charge in [0.25, 0.3) is 0 Å². The number of benzene rings is 1. The molecule has 1 aromatic carbocycles. The van der Waals surface area contributed by atoms with Crippen molar-refractivity contribution in [1.82, 2.24) is 10.2 Å². The van der Waals surface area contributed by atoms with E-state index in [1.54, 1.807) is 0 Å². The van der Waals surface area contributed by atoms with Crippen molar-refractivity contribution < 1.29 is 13.6 Å². The molecule has 0 atom stereocenters. The van der Waals surface area contributed by atoms with Gasteiger partial charge >= 0.3 is 0 Å². The topological polar surface area (TPSA) is 32.3 Å². The number of likely N-dealkylation sites (tertiary alicyclic amines) is 1. The minimum atomic E-state index is -0.840. The number of halogens is 2. The van der Waals surface area contributed by atoms with Crippen LogP contribution in [0.1, 0.15) is 24.8 Å². The van der Waals surface area contributed by atoms with E-state index in [0.717, 1.165) is 32.0 Å². The van der Waals surface area contributed by atoms with Crippen LogP contribution in [-0.2, 0) is 11.3 Å². The first-order chi connectivity index (χ1) is 9.16. The quantitative estimate of drug-likeness (QED) is 0.829. The van der Waals surface area contributed by atoms with E-state index in [2.05, 4.69) is 5.32 Å². The Morgan fingerprint density at radius 3 is 2.63 bits per heavy atom. The van der Waals surface area contributed by atoms with Crippen molar-refractivity contribution in [2.75, 3.05) is 19.6 Å². The van der Waals surface area contributed by atoms with Crippen LogP contribution in [0.2, 0.25) is 0 Å². The van der Waals surface area contributed by atoms with E-state index in [4.69, 9.17) is 0 Å². The first-order valence-electron chi connectivity index (χ1n) is 6.59. The van der Waals surface area contributed by atoms with Gasteiger partial charge in [0, 0.05) is 32.6 Å². The third-order valence-electron chi connectivity index (χ3n) is 3.29. The summed E-state index contributed by atoms with van der Waals surface area (Å²) in [7, 11) is 0. The molecule has 1 heterocycles. The van der Waals surface area contributed by atoms with Gasteiger partial charge in [0.15, 0.2) is 11.6 Å². The summed E-state index contributed by atoms with van der Waals surface area (Å²) in [6.07, 6.45) is 2.63. The highest BCUT2D eigenvalue weighted by Gasteiger charge is 2.16. The maximum atomic E-state index is 13.0. The molecule has 1 amide bonds. The van der Waals surface area contributed by atoms with Crippen LogP contribution in [0.15, 0.2) is 18.2 Å². The van der Waals surface area contributed by atoms with Crippen LogP contribution >= 0.6 is 0 Å². The molecule has 0 saturated carbocycles. The molecule has 5 heteroatoms. The number of nitrogens with one attached hydrogen (secondary N) is 1. The van der Waals surface area contributed by atoms with Crippen molar-refractivity contribution in [3.05, 3.63) is 35.4 Å². The Morgan fingerprint density at radius 2 is 1.95 bits per heavy atom. The van der Waals surface area contributed by atoms with Crippen molar-refractivity contribution in [2.24, 2.45) is 0 Å². The van der Waals surface area contributed by atoms with Crippen LogP contribution < -0.4 is 5.32 Å². The van der Waals surface area contributed by atoms with Gasteiger partial charge < -0.3 is 10.2 Å². The van der Waals surface area contributed by atoms with Gasteiger partial charge in [0.05, 0.1) is 0 Å². The lowest BCUT2D eigenvalue weighted by molar-refractivity contribution is -0.130. The minimum Gasteiger partial charge on any atom is -0.343 e. The maximum absolute atomic E-state index is 13.0. The van der Waals surface area contributed by atoms with Gasteiger partial charge in [-0.15, -0.1) is 0 Å². The molecule has 1 fully saturated rings. The van der Waals surface area contributed by atoms with Crippen LogP contribution in [-0.4, -0.2) is 30.4 Å². The standard InChI is InChI=1S/C14H18F2N2O/c15-12-4-3-11(9-13(12)16)10-17-6-5-14(19)18-7-1-2-8-18/h3-4,9,17H,1-2,5-8,10H2. The molecule has 1 aromatic rings. The molecule has 0 aliphatic carbocycles. The van der Waals surface area contributed by atoms with E-state index in [-0.39, 0.29) is 5.91 Å². The Balaban J connectivity index is 1.68. The fourth-order valence-electron chi connectivity index (χ4n) is 2.20. The molecule has 0 spiro atoms. The molecule has 0 unspecified atom stereocenters. The predicted molar refractivity (Wildman–Crippen MR) is 68.5 cm³/mol. The fraction of sp³-hybridized carbons (Fsp3) is 0.500. The lowest BCUT2D eigenvalue weighted by Crippen LogP contribution is -2.30. The van der Waals surface area contributed by atoms with Gasteiger partial charge in [0.1, 0.15) is 0 Å². The molecule has 0 bridgehead atoms. The number of hydrogen-bond acceptors (Lipinski definition) is 2. The smallest absolute Gasteiger partial charge is 0.223 e. The van der Waals surface area contributed by atoms with Gasteiger partial charge in [-0.05, 0) is 30.5 Å². The summed E-state index contributed by atoms with van der Waals surface area (Å²) in [5.74, 6) is -1.52. The van der Waals surface area contributed by atoms with Crippen LogP contribution in [0, 0.1) is 11.6 Å². The molecule has 3 nitrogen and oxygen atoms in total. The number of rotatable bonds is 5. The Kier molecular flexibility index (Phi) is 4.85. The monoisotopic (exact) mass is 268 g/mol. The minimum absolute atomic E-state index is 0.162. The molecule has 104 valence electrons. The summed E-state index contributed by atoms with van der Waals surface area (Å²) < 4.78 is 25.7. The summed E-state index contributed by atoms with van der Waals surface area (Å²) in [6.45, 7) is 2.71. The zero-order valence-electron chi connectivity index (χ0n) is 10.8. The number of carbonyl (C=O) groups excluding carboxylic acids is 1. The first-order valence-corrected chi connectivity index (χ1v) is 6.59. The Hall–Kier alpha value is -1.49. The number of hydrogen-bond donors (Lipinski definition) is 1. The van der Waals surface area contributed by atoms with Crippen molar-refractivity contribution in [3.8, 4) is 0 Å². The van der Waals surface area contributed by atoms with Crippen LogP contribution in [0.3, 0.4) is 0 Å². The predicted octanol–water partition coefficient (Wildman–Crippen LogP) is 2.07. The normalized spacial score (nSPS) is 14.9. The van der Waals surface area contributed by atoms with Crippen LogP contribution in [0.4, 0.5) is 8.78 Å². The highest BCUT2D eigenvalue weighted by atomic mass is 19.2. The molecule has 0 radical (unpaired) electrons. The average Bonchev–Trinajstić information content (AvgIpc) is 2.92. The molecular formula is C14H18F2N2O. The van der Waals surface area contributed by atoms with E-state index in [1.165, 1.54) is 12.1 Å². The Bertz CT molecular complexity index is 445. The van der Waals surface area contributed by atoms with E-state index >= 15 is 0 Å². The lowest BCUT2D eigenvalue weighted by Gasteiger charge is -2.15. The highest BCUT2D eigenvalue weighted by Crippen LogP contribution is 2.09. The van der Waals surface area contributed by atoms with Crippen molar-refractivity contribution in [1.29, 1.82) is 0 Å². The largest absolute Gasteiger partial charge is 0.343 e. The third kappa shape index (κ3) is 3.99. The van der Waals surface area contributed by atoms with E-state index < -0.39 is 11.6 Å². The van der Waals surface area contributed by atoms with E-state index in [1.807, 2.05) is 4.90 Å². The Labute approximate surface area is 111 Å². The lowest BCUT2D eigenvalue weighted by atomic mass is 10.2. The van der Waals surface area contributed by atoms with Gasteiger partial charge in [0.2, 0.25) is 5.91 Å². The van der Waals surface area contributed by atoms with Crippen LogP contribution in [0.5, 0.6) is 0 Å². The number of amides is 1.